The van der Waals surface area contributed by atoms with Crippen molar-refractivity contribution < 1.29 is 9.53 Å². The first-order chi connectivity index (χ1) is 9.22. The molecule has 0 bridgehead atoms. The molecule has 0 unspecified atom stereocenters. The molecule has 0 spiro atoms. The molecule has 0 saturated heterocycles. The van der Waals surface area contributed by atoms with Crippen LogP contribution in [-0.2, 0) is 4.74 Å². The predicted molar refractivity (Wildman–Crippen MR) is 84.4 cm³/mol. The van der Waals surface area contributed by atoms with Crippen LogP contribution in [0.4, 0.5) is 4.79 Å². The van der Waals surface area contributed by atoms with Crippen molar-refractivity contribution in [1.82, 2.24) is 4.31 Å². The maximum atomic E-state index is 11.2. The number of unbranched alkanes of at least 4 members (excludes halogenated alkanes) is 9. The molecule has 0 aliphatic heterocycles. The lowest BCUT2D eigenvalue weighted by atomic mass is 10.1. The summed E-state index contributed by atoms with van der Waals surface area (Å²) in [6.07, 6.45) is 12.4. The molecule has 0 radical (unpaired) electrons. The van der Waals surface area contributed by atoms with E-state index in [1.807, 2.05) is 0 Å². The first kappa shape index (κ1) is 18.9. The molecule has 0 atom stereocenters. The van der Waals surface area contributed by atoms with Gasteiger partial charge in [0.05, 0.1) is 17.8 Å². The average Bonchev–Trinajstić information content (AvgIpc) is 2.43. The van der Waals surface area contributed by atoms with Gasteiger partial charge in [0.1, 0.15) is 0 Å². The summed E-state index contributed by atoms with van der Waals surface area (Å²) >= 11 is 0.847. The fourth-order valence-electron chi connectivity index (χ4n) is 1.87. The fourth-order valence-corrected chi connectivity index (χ4v) is 2.15. The van der Waals surface area contributed by atoms with E-state index < -0.39 is 0 Å². The van der Waals surface area contributed by atoms with Crippen LogP contribution in [-0.4, -0.2) is 24.1 Å². The van der Waals surface area contributed by atoms with Crippen LogP contribution in [0.5, 0.6) is 0 Å². The molecule has 0 N–H and O–H groups in total. The molecule has 19 heavy (non-hydrogen) atoms. The quantitative estimate of drug-likeness (QED) is 0.338. The lowest BCUT2D eigenvalue weighted by Crippen LogP contribution is -2.19. The van der Waals surface area contributed by atoms with Gasteiger partial charge in [-0.1, -0.05) is 64.7 Å². The Morgan fingerprint density at radius 2 is 1.47 bits per heavy atom. The Kier molecular flexibility index (Phi) is 14.3. The van der Waals surface area contributed by atoms with Crippen molar-refractivity contribution in [2.24, 2.45) is 0 Å². The average molecular weight is 310 g/mol. The number of ether oxygens (including phenoxy) is 1. The molecule has 0 aromatic carbocycles. The Balaban J connectivity index is 3.13. The topological polar surface area (TPSA) is 29.5 Å². The molecule has 0 aromatic heterocycles. The van der Waals surface area contributed by atoms with E-state index in [0.717, 1.165) is 24.0 Å². The van der Waals surface area contributed by atoms with Gasteiger partial charge in [0.2, 0.25) is 0 Å². The van der Waals surface area contributed by atoms with Crippen molar-refractivity contribution >= 4 is 27.9 Å². The minimum atomic E-state index is -0.365. The second-order valence-electron chi connectivity index (χ2n) is 4.86. The van der Waals surface area contributed by atoms with E-state index in [1.54, 1.807) is 7.05 Å². The van der Waals surface area contributed by atoms with E-state index >= 15 is 0 Å². The van der Waals surface area contributed by atoms with Crippen LogP contribution in [0.1, 0.15) is 71.1 Å². The summed E-state index contributed by atoms with van der Waals surface area (Å²) in [4.78, 5) is 11.2. The third-order valence-electron chi connectivity index (χ3n) is 3.08. The number of hydrogen-bond donors (Lipinski definition) is 0. The van der Waals surface area contributed by atoms with E-state index in [0.29, 0.717) is 6.61 Å². The summed E-state index contributed by atoms with van der Waals surface area (Å²) in [5.74, 6) is 0. The number of carbonyl (C=O) groups excluding carboxylic acids is 1. The van der Waals surface area contributed by atoms with E-state index in [1.165, 1.54) is 55.7 Å². The lowest BCUT2D eigenvalue weighted by molar-refractivity contribution is 0.131. The first-order valence-electron chi connectivity index (χ1n) is 7.41. The second kappa shape index (κ2) is 14.3. The van der Waals surface area contributed by atoms with Gasteiger partial charge in [-0.15, -0.1) is 0 Å². The highest BCUT2D eigenvalue weighted by Gasteiger charge is 2.08. The molecule has 0 saturated carbocycles. The number of carbonyl (C=O) groups is 1. The van der Waals surface area contributed by atoms with Crippen LogP contribution in [0.25, 0.3) is 0 Å². The van der Waals surface area contributed by atoms with Crippen LogP contribution in [0.2, 0.25) is 0 Å². The van der Waals surface area contributed by atoms with E-state index in [2.05, 4.69) is 6.92 Å². The summed E-state index contributed by atoms with van der Waals surface area (Å²) in [6, 6.07) is 0. The summed E-state index contributed by atoms with van der Waals surface area (Å²) in [5.41, 5.74) is 0. The maximum Gasteiger partial charge on any atom is 0.420 e. The zero-order chi connectivity index (χ0) is 14.3. The van der Waals surface area contributed by atoms with E-state index in [9.17, 15) is 4.79 Å². The van der Waals surface area contributed by atoms with Gasteiger partial charge in [-0.3, -0.25) is 0 Å². The van der Waals surface area contributed by atoms with Crippen molar-refractivity contribution in [3.8, 4) is 0 Å². The number of hydrogen-bond acceptors (Lipinski definition) is 3. The van der Waals surface area contributed by atoms with Crippen molar-refractivity contribution in [3.63, 3.8) is 0 Å². The Bertz CT molecular complexity index is 218. The fraction of sp³-hybridized carbons (Fsp3) is 0.929. The molecule has 1 amide bonds. The SMILES string of the molecule is CCCCCCCCCCCCOC(=O)N(C)SCl. The summed E-state index contributed by atoms with van der Waals surface area (Å²) in [6.45, 7) is 2.74. The number of rotatable bonds is 12. The smallest absolute Gasteiger partial charge is 0.420 e. The maximum absolute atomic E-state index is 11.2. The Morgan fingerprint density at radius 1 is 1.00 bits per heavy atom. The number of amides is 1. The molecule has 0 aromatic rings. The van der Waals surface area contributed by atoms with Gasteiger partial charge in [-0.05, 0) is 17.1 Å². The molecule has 0 aliphatic rings. The molecule has 0 heterocycles. The zero-order valence-corrected chi connectivity index (χ0v) is 13.9. The highest BCUT2D eigenvalue weighted by atomic mass is 35.7. The van der Waals surface area contributed by atoms with Gasteiger partial charge >= 0.3 is 6.09 Å². The van der Waals surface area contributed by atoms with Gasteiger partial charge in [0, 0.05) is 7.05 Å². The van der Waals surface area contributed by atoms with Gasteiger partial charge in [-0.25, -0.2) is 9.10 Å². The summed E-state index contributed by atoms with van der Waals surface area (Å²) < 4.78 is 6.32. The van der Waals surface area contributed by atoms with Gasteiger partial charge in [-0.2, -0.15) is 0 Å². The molecule has 0 aliphatic carbocycles. The molecule has 114 valence electrons. The Morgan fingerprint density at radius 3 is 1.95 bits per heavy atom. The molecule has 3 nitrogen and oxygen atoms in total. The minimum absolute atomic E-state index is 0.365. The minimum Gasteiger partial charge on any atom is -0.449 e. The van der Waals surface area contributed by atoms with Crippen LogP contribution < -0.4 is 0 Å². The molecular weight excluding hydrogens is 282 g/mol. The van der Waals surface area contributed by atoms with Crippen LogP contribution in [0, 0.1) is 0 Å². The normalized spacial score (nSPS) is 10.5. The highest BCUT2D eigenvalue weighted by Crippen LogP contribution is 2.13. The van der Waals surface area contributed by atoms with Crippen molar-refractivity contribution in [2.45, 2.75) is 71.1 Å². The third kappa shape index (κ3) is 12.7. The van der Waals surface area contributed by atoms with Crippen LogP contribution in [0.3, 0.4) is 0 Å². The first-order valence-corrected chi connectivity index (χ1v) is 9.01. The van der Waals surface area contributed by atoms with Crippen LogP contribution >= 0.6 is 21.8 Å². The zero-order valence-electron chi connectivity index (χ0n) is 12.3. The Hall–Kier alpha value is -0.0900. The number of nitrogens with zero attached hydrogens (tertiary/aromatic N) is 1. The van der Waals surface area contributed by atoms with Crippen LogP contribution in [0.15, 0.2) is 0 Å². The van der Waals surface area contributed by atoms with Gasteiger partial charge in [0.15, 0.2) is 0 Å². The van der Waals surface area contributed by atoms with E-state index in [-0.39, 0.29) is 6.09 Å². The molecular formula is C14H28ClNO2S. The van der Waals surface area contributed by atoms with Gasteiger partial charge in [0.25, 0.3) is 0 Å². The standard InChI is InChI=1S/C14H28ClNO2S/c1-3-4-5-6-7-8-9-10-11-12-13-18-14(17)16(2)19-15/h3-13H2,1-2H3. The Labute approximate surface area is 127 Å². The lowest BCUT2D eigenvalue weighted by Gasteiger charge is -2.11. The highest BCUT2D eigenvalue weighted by molar-refractivity contribution is 8.19. The van der Waals surface area contributed by atoms with Crippen molar-refractivity contribution in [1.29, 1.82) is 0 Å². The predicted octanol–water partition coefficient (Wildman–Crippen LogP) is 5.78. The molecule has 0 fully saturated rings. The third-order valence-corrected chi connectivity index (χ3v) is 4.06. The number of halogens is 1. The molecule has 0 rings (SSSR count). The second-order valence-corrected chi connectivity index (χ2v) is 5.96. The summed E-state index contributed by atoms with van der Waals surface area (Å²) in [5, 5.41) is 0. The van der Waals surface area contributed by atoms with Gasteiger partial charge < -0.3 is 4.74 Å². The monoisotopic (exact) mass is 309 g/mol. The van der Waals surface area contributed by atoms with Crippen molar-refractivity contribution in [3.05, 3.63) is 0 Å². The molecule has 5 heteroatoms. The van der Waals surface area contributed by atoms with Crippen molar-refractivity contribution in [2.75, 3.05) is 13.7 Å². The summed E-state index contributed by atoms with van der Waals surface area (Å²) in [7, 11) is 7.03. The van der Waals surface area contributed by atoms with E-state index in [4.69, 9.17) is 15.4 Å². The largest absolute Gasteiger partial charge is 0.449 e.